The lowest BCUT2D eigenvalue weighted by Gasteiger charge is -2.35. The summed E-state index contributed by atoms with van der Waals surface area (Å²) < 4.78 is 0. The molecule has 0 N–H and O–H groups in total. The van der Waals surface area contributed by atoms with E-state index < -0.39 is 0 Å². The second kappa shape index (κ2) is 7.09. The molecule has 2 heterocycles. The van der Waals surface area contributed by atoms with Gasteiger partial charge in [-0.2, -0.15) is 0 Å². The number of amides is 3. The molecular formula is C15H24N4O2S. The average molecular weight is 324 g/mol. The molecule has 22 heavy (non-hydrogen) atoms. The Balaban J connectivity index is 1.85. The zero-order chi connectivity index (χ0) is 16.3. The standard InChI is InChI=1S/C15H24N4O2S/c1-11(2)14-16-12(10-22-14)9-13(20)18-5-7-19(8-6-18)15(21)17(3)4/h10-11H,5-9H2,1-4H3. The van der Waals surface area contributed by atoms with E-state index in [2.05, 4.69) is 18.8 Å². The van der Waals surface area contributed by atoms with Crippen LogP contribution >= 0.6 is 11.3 Å². The van der Waals surface area contributed by atoms with Gasteiger partial charge in [-0.15, -0.1) is 11.3 Å². The fourth-order valence-corrected chi connectivity index (χ4v) is 3.20. The first-order valence-electron chi connectivity index (χ1n) is 7.56. The Morgan fingerprint density at radius 1 is 1.23 bits per heavy atom. The van der Waals surface area contributed by atoms with Crippen molar-refractivity contribution in [3.8, 4) is 0 Å². The van der Waals surface area contributed by atoms with Crippen molar-refractivity contribution in [1.29, 1.82) is 0 Å². The van der Waals surface area contributed by atoms with Crippen LogP contribution in [0.2, 0.25) is 0 Å². The average Bonchev–Trinajstić information content (AvgIpc) is 2.95. The summed E-state index contributed by atoms with van der Waals surface area (Å²) in [6, 6.07) is 0.00757. The first-order chi connectivity index (χ1) is 10.4. The highest BCUT2D eigenvalue weighted by atomic mass is 32.1. The molecule has 1 aromatic heterocycles. The highest BCUT2D eigenvalue weighted by Gasteiger charge is 2.25. The molecule has 1 aromatic rings. The molecule has 2 rings (SSSR count). The van der Waals surface area contributed by atoms with E-state index in [0.29, 0.717) is 38.5 Å². The SMILES string of the molecule is CC(C)c1nc(CC(=O)N2CCN(C(=O)N(C)C)CC2)cs1. The zero-order valence-corrected chi connectivity index (χ0v) is 14.5. The van der Waals surface area contributed by atoms with Gasteiger partial charge >= 0.3 is 6.03 Å². The van der Waals surface area contributed by atoms with Crippen LogP contribution in [0.3, 0.4) is 0 Å². The second-order valence-electron chi connectivity index (χ2n) is 6.05. The Morgan fingerprint density at radius 2 is 1.82 bits per heavy atom. The number of hydrogen-bond acceptors (Lipinski definition) is 4. The largest absolute Gasteiger partial charge is 0.339 e. The number of piperazine rings is 1. The number of nitrogens with zero attached hydrogens (tertiary/aromatic N) is 4. The van der Waals surface area contributed by atoms with Crippen LogP contribution < -0.4 is 0 Å². The molecule has 0 spiro atoms. The first kappa shape index (κ1) is 16.7. The molecule has 6 nitrogen and oxygen atoms in total. The van der Waals surface area contributed by atoms with E-state index in [4.69, 9.17) is 0 Å². The third kappa shape index (κ3) is 3.97. The number of hydrogen-bond donors (Lipinski definition) is 0. The molecule has 0 aliphatic carbocycles. The Kier molecular flexibility index (Phi) is 5.39. The molecule has 1 saturated heterocycles. The molecule has 1 aliphatic heterocycles. The van der Waals surface area contributed by atoms with Crippen molar-refractivity contribution in [3.05, 3.63) is 16.1 Å². The minimum Gasteiger partial charge on any atom is -0.339 e. The molecular weight excluding hydrogens is 300 g/mol. The minimum absolute atomic E-state index is 0.00757. The van der Waals surface area contributed by atoms with Gasteiger partial charge in [0.1, 0.15) is 0 Å². The maximum absolute atomic E-state index is 12.3. The summed E-state index contributed by atoms with van der Waals surface area (Å²) in [5.41, 5.74) is 0.852. The van der Waals surface area contributed by atoms with Crippen LogP contribution in [0.5, 0.6) is 0 Å². The molecule has 0 unspecified atom stereocenters. The minimum atomic E-state index is 0.00757. The van der Waals surface area contributed by atoms with Crippen LogP contribution in [0.15, 0.2) is 5.38 Å². The van der Waals surface area contributed by atoms with Gasteiger partial charge in [0.25, 0.3) is 0 Å². The van der Waals surface area contributed by atoms with Gasteiger partial charge in [-0.3, -0.25) is 4.79 Å². The lowest BCUT2D eigenvalue weighted by molar-refractivity contribution is -0.131. The monoisotopic (exact) mass is 324 g/mol. The van der Waals surface area contributed by atoms with Gasteiger partial charge in [0.05, 0.1) is 17.1 Å². The van der Waals surface area contributed by atoms with E-state index in [-0.39, 0.29) is 11.9 Å². The van der Waals surface area contributed by atoms with E-state index in [1.807, 2.05) is 10.3 Å². The molecule has 0 saturated carbocycles. The highest BCUT2D eigenvalue weighted by Crippen LogP contribution is 2.19. The summed E-state index contributed by atoms with van der Waals surface area (Å²) in [5, 5.41) is 3.04. The predicted molar refractivity (Wildman–Crippen MR) is 87.1 cm³/mol. The topological polar surface area (TPSA) is 56.8 Å². The van der Waals surface area contributed by atoms with Gasteiger partial charge in [-0.25, -0.2) is 9.78 Å². The molecule has 0 radical (unpaired) electrons. The van der Waals surface area contributed by atoms with Crippen molar-refractivity contribution >= 4 is 23.3 Å². The zero-order valence-electron chi connectivity index (χ0n) is 13.7. The molecule has 7 heteroatoms. The lowest BCUT2D eigenvalue weighted by atomic mass is 10.2. The van der Waals surface area contributed by atoms with E-state index >= 15 is 0 Å². The van der Waals surface area contributed by atoms with Crippen molar-refractivity contribution in [2.24, 2.45) is 0 Å². The van der Waals surface area contributed by atoms with Crippen LogP contribution in [0.4, 0.5) is 4.79 Å². The van der Waals surface area contributed by atoms with Crippen molar-refractivity contribution in [2.75, 3.05) is 40.3 Å². The van der Waals surface area contributed by atoms with Crippen molar-refractivity contribution in [1.82, 2.24) is 19.7 Å². The predicted octanol–water partition coefficient (Wildman–Crippen LogP) is 1.63. The van der Waals surface area contributed by atoms with Crippen molar-refractivity contribution < 1.29 is 9.59 Å². The molecule has 0 aromatic carbocycles. The van der Waals surface area contributed by atoms with Crippen LogP contribution in [0, 0.1) is 0 Å². The summed E-state index contributed by atoms with van der Waals surface area (Å²) in [7, 11) is 3.49. The number of carbonyl (C=O) groups is 2. The number of rotatable bonds is 3. The van der Waals surface area contributed by atoms with Crippen molar-refractivity contribution in [2.45, 2.75) is 26.2 Å². The summed E-state index contributed by atoms with van der Waals surface area (Å²) >= 11 is 1.61. The fraction of sp³-hybridized carbons (Fsp3) is 0.667. The quantitative estimate of drug-likeness (QED) is 0.849. The maximum Gasteiger partial charge on any atom is 0.319 e. The second-order valence-corrected chi connectivity index (χ2v) is 6.94. The Labute approximate surface area is 135 Å². The Hall–Kier alpha value is -1.63. The van der Waals surface area contributed by atoms with Crippen LogP contribution in [0.25, 0.3) is 0 Å². The molecule has 0 bridgehead atoms. The Bertz CT molecular complexity index is 533. The number of thiazole rings is 1. The fourth-order valence-electron chi connectivity index (χ4n) is 2.37. The molecule has 122 valence electrons. The van der Waals surface area contributed by atoms with Gasteiger partial charge < -0.3 is 14.7 Å². The normalized spacial score (nSPS) is 15.3. The van der Waals surface area contributed by atoms with E-state index in [1.54, 1.807) is 35.2 Å². The summed E-state index contributed by atoms with van der Waals surface area (Å²) in [6.07, 6.45) is 0.352. The summed E-state index contributed by atoms with van der Waals surface area (Å²) in [6.45, 7) is 6.59. The number of carbonyl (C=O) groups excluding carboxylic acids is 2. The number of urea groups is 1. The van der Waals surface area contributed by atoms with E-state index in [1.165, 1.54) is 0 Å². The highest BCUT2D eigenvalue weighted by molar-refractivity contribution is 7.09. The van der Waals surface area contributed by atoms with Crippen LogP contribution in [-0.2, 0) is 11.2 Å². The van der Waals surface area contributed by atoms with Gasteiger partial charge in [0, 0.05) is 51.6 Å². The molecule has 1 aliphatic rings. The first-order valence-corrected chi connectivity index (χ1v) is 8.44. The van der Waals surface area contributed by atoms with E-state index in [0.717, 1.165) is 10.7 Å². The molecule has 3 amide bonds. The van der Waals surface area contributed by atoms with Crippen LogP contribution in [-0.4, -0.2) is 71.9 Å². The summed E-state index contributed by atoms with van der Waals surface area (Å²) in [4.78, 5) is 33.9. The third-order valence-electron chi connectivity index (χ3n) is 3.68. The van der Waals surface area contributed by atoms with E-state index in [9.17, 15) is 9.59 Å². The van der Waals surface area contributed by atoms with Gasteiger partial charge in [0.2, 0.25) is 5.91 Å². The third-order valence-corrected chi connectivity index (χ3v) is 4.88. The molecule has 1 fully saturated rings. The van der Waals surface area contributed by atoms with Crippen LogP contribution in [0.1, 0.15) is 30.5 Å². The smallest absolute Gasteiger partial charge is 0.319 e. The molecule has 0 atom stereocenters. The van der Waals surface area contributed by atoms with Crippen molar-refractivity contribution in [3.63, 3.8) is 0 Å². The van der Waals surface area contributed by atoms with Gasteiger partial charge in [-0.1, -0.05) is 13.8 Å². The number of aromatic nitrogens is 1. The Morgan fingerprint density at radius 3 is 2.32 bits per heavy atom. The van der Waals surface area contributed by atoms with Gasteiger partial charge in [-0.05, 0) is 0 Å². The van der Waals surface area contributed by atoms with Gasteiger partial charge in [0.15, 0.2) is 0 Å². The summed E-state index contributed by atoms with van der Waals surface area (Å²) in [5.74, 6) is 0.493. The lowest BCUT2D eigenvalue weighted by Crippen LogP contribution is -2.53. The maximum atomic E-state index is 12.3.